The number of halogens is 1. The molecule has 1 heterocycles. The highest BCUT2D eigenvalue weighted by atomic mass is 35.5. The Labute approximate surface area is 148 Å². The van der Waals surface area contributed by atoms with Crippen molar-refractivity contribution in [1.29, 1.82) is 0 Å². The SMILES string of the molecule is CCC(=O)N1CCCN(C(=O)C2(c3ccc(Cl)cc3)CCC2)CC1. The number of rotatable bonds is 3. The molecular formula is C19H25ClN2O2. The van der Waals surface area contributed by atoms with E-state index in [1.165, 1.54) is 0 Å². The molecule has 1 aromatic carbocycles. The highest BCUT2D eigenvalue weighted by Gasteiger charge is 2.47. The van der Waals surface area contributed by atoms with Crippen LogP contribution in [0.25, 0.3) is 0 Å². The topological polar surface area (TPSA) is 40.6 Å². The first-order chi connectivity index (χ1) is 11.6. The second kappa shape index (κ2) is 7.14. The third-order valence-electron chi connectivity index (χ3n) is 5.45. The van der Waals surface area contributed by atoms with Crippen molar-refractivity contribution in [3.63, 3.8) is 0 Å². The molecule has 24 heavy (non-hydrogen) atoms. The second-order valence-electron chi connectivity index (χ2n) is 6.82. The molecule has 2 amide bonds. The average molecular weight is 349 g/mol. The molecule has 0 N–H and O–H groups in total. The fraction of sp³-hybridized carbons (Fsp3) is 0.579. The van der Waals surface area contributed by atoms with Crippen LogP contribution in [0.5, 0.6) is 0 Å². The summed E-state index contributed by atoms with van der Waals surface area (Å²) >= 11 is 6.00. The van der Waals surface area contributed by atoms with Crippen molar-refractivity contribution in [2.75, 3.05) is 26.2 Å². The summed E-state index contributed by atoms with van der Waals surface area (Å²) in [5, 5.41) is 0.698. The quantitative estimate of drug-likeness (QED) is 0.841. The highest BCUT2D eigenvalue weighted by molar-refractivity contribution is 6.30. The van der Waals surface area contributed by atoms with E-state index in [4.69, 9.17) is 11.6 Å². The van der Waals surface area contributed by atoms with Crippen molar-refractivity contribution in [1.82, 2.24) is 9.80 Å². The van der Waals surface area contributed by atoms with Gasteiger partial charge in [0.15, 0.2) is 0 Å². The summed E-state index contributed by atoms with van der Waals surface area (Å²) in [6, 6.07) is 7.72. The molecule has 3 rings (SSSR count). The maximum Gasteiger partial charge on any atom is 0.233 e. The number of carbonyl (C=O) groups excluding carboxylic acids is 2. The number of hydrogen-bond donors (Lipinski definition) is 0. The van der Waals surface area contributed by atoms with Gasteiger partial charge in [0, 0.05) is 37.6 Å². The normalized spacial score (nSPS) is 20.2. The maximum atomic E-state index is 13.3. The first-order valence-corrected chi connectivity index (χ1v) is 9.28. The Balaban J connectivity index is 1.75. The van der Waals surface area contributed by atoms with Gasteiger partial charge in [-0.15, -0.1) is 0 Å². The van der Waals surface area contributed by atoms with E-state index >= 15 is 0 Å². The van der Waals surface area contributed by atoms with Gasteiger partial charge in [0.25, 0.3) is 0 Å². The van der Waals surface area contributed by atoms with Crippen LogP contribution in [0.3, 0.4) is 0 Å². The molecule has 1 aliphatic heterocycles. The first kappa shape index (κ1) is 17.3. The molecule has 0 radical (unpaired) electrons. The molecule has 130 valence electrons. The first-order valence-electron chi connectivity index (χ1n) is 8.90. The van der Waals surface area contributed by atoms with E-state index in [1.54, 1.807) is 0 Å². The molecule has 0 aromatic heterocycles. The molecular weight excluding hydrogens is 324 g/mol. The summed E-state index contributed by atoms with van der Waals surface area (Å²) in [5.74, 6) is 0.405. The predicted molar refractivity (Wildman–Crippen MR) is 95.0 cm³/mol. The predicted octanol–water partition coefficient (Wildman–Crippen LogP) is 3.23. The minimum atomic E-state index is -0.380. The Hall–Kier alpha value is -1.55. The van der Waals surface area contributed by atoms with Crippen LogP contribution in [0.4, 0.5) is 0 Å². The Morgan fingerprint density at radius 1 is 1.00 bits per heavy atom. The number of nitrogens with zero attached hydrogens (tertiary/aromatic N) is 2. The summed E-state index contributed by atoms with van der Waals surface area (Å²) in [6.45, 7) is 4.67. The summed E-state index contributed by atoms with van der Waals surface area (Å²) in [7, 11) is 0. The minimum Gasteiger partial charge on any atom is -0.341 e. The van der Waals surface area contributed by atoms with Crippen molar-refractivity contribution in [2.45, 2.75) is 44.4 Å². The average Bonchev–Trinajstić information content (AvgIpc) is 2.80. The molecule has 0 unspecified atom stereocenters. The molecule has 4 nitrogen and oxygen atoms in total. The minimum absolute atomic E-state index is 0.181. The van der Waals surface area contributed by atoms with E-state index in [1.807, 2.05) is 41.0 Å². The van der Waals surface area contributed by atoms with Crippen LogP contribution in [0.15, 0.2) is 24.3 Å². The lowest BCUT2D eigenvalue weighted by atomic mass is 9.63. The Morgan fingerprint density at radius 2 is 1.62 bits per heavy atom. The van der Waals surface area contributed by atoms with Crippen molar-refractivity contribution in [3.05, 3.63) is 34.9 Å². The van der Waals surface area contributed by atoms with Gasteiger partial charge >= 0.3 is 0 Å². The number of carbonyl (C=O) groups is 2. The zero-order valence-corrected chi connectivity index (χ0v) is 15.0. The van der Waals surface area contributed by atoms with Gasteiger partial charge in [0.1, 0.15) is 0 Å². The van der Waals surface area contributed by atoms with Crippen molar-refractivity contribution < 1.29 is 9.59 Å². The molecule has 0 bridgehead atoms. The maximum absolute atomic E-state index is 13.3. The van der Waals surface area contributed by atoms with E-state index in [0.29, 0.717) is 24.5 Å². The van der Waals surface area contributed by atoms with Crippen LogP contribution in [-0.4, -0.2) is 47.8 Å². The van der Waals surface area contributed by atoms with Gasteiger partial charge in [0.2, 0.25) is 11.8 Å². The van der Waals surface area contributed by atoms with Crippen LogP contribution in [-0.2, 0) is 15.0 Å². The molecule has 2 fully saturated rings. The fourth-order valence-electron chi connectivity index (χ4n) is 3.82. The van der Waals surface area contributed by atoms with Crippen LogP contribution < -0.4 is 0 Å². The lowest BCUT2D eigenvalue weighted by Crippen LogP contribution is -2.52. The van der Waals surface area contributed by atoms with Gasteiger partial charge in [-0.25, -0.2) is 0 Å². The van der Waals surface area contributed by atoms with E-state index in [9.17, 15) is 9.59 Å². The summed E-state index contributed by atoms with van der Waals surface area (Å²) in [5.41, 5.74) is 0.697. The number of benzene rings is 1. The lowest BCUT2D eigenvalue weighted by Gasteiger charge is -2.44. The molecule has 1 saturated heterocycles. The van der Waals surface area contributed by atoms with Gasteiger partial charge < -0.3 is 9.80 Å². The standard InChI is InChI=1S/C19H25ClN2O2/c1-2-17(23)21-11-4-12-22(14-13-21)18(24)19(9-3-10-19)15-5-7-16(20)8-6-15/h5-8H,2-4,9-14H2,1H3. The Bertz CT molecular complexity index is 610. The van der Waals surface area contributed by atoms with Crippen LogP contribution in [0.2, 0.25) is 5.02 Å². The molecule has 0 atom stereocenters. The lowest BCUT2D eigenvalue weighted by molar-refractivity contribution is -0.141. The number of hydrogen-bond acceptors (Lipinski definition) is 2. The van der Waals surface area contributed by atoms with Crippen molar-refractivity contribution >= 4 is 23.4 Å². The second-order valence-corrected chi connectivity index (χ2v) is 7.26. The molecule has 1 aliphatic carbocycles. The molecule has 2 aliphatic rings. The van der Waals surface area contributed by atoms with Crippen LogP contribution in [0, 0.1) is 0 Å². The zero-order chi connectivity index (χ0) is 17.2. The third-order valence-corrected chi connectivity index (χ3v) is 5.70. The van der Waals surface area contributed by atoms with E-state index < -0.39 is 0 Å². The van der Waals surface area contributed by atoms with Gasteiger partial charge in [-0.05, 0) is 37.0 Å². The molecule has 0 spiro atoms. The molecule has 1 aromatic rings. The van der Waals surface area contributed by atoms with Gasteiger partial charge in [-0.3, -0.25) is 9.59 Å². The largest absolute Gasteiger partial charge is 0.341 e. The van der Waals surface area contributed by atoms with Gasteiger partial charge in [0.05, 0.1) is 5.41 Å². The summed E-state index contributed by atoms with van der Waals surface area (Å²) < 4.78 is 0. The monoisotopic (exact) mass is 348 g/mol. The third kappa shape index (κ3) is 3.16. The molecule has 1 saturated carbocycles. The van der Waals surface area contributed by atoms with Crippen LogP contribution >= 0.6 is 11.6 Å². The van der Waals surface area contributed by atoms with E-state index in [-0.39, 0.29) is 17.2 Å². The van der Waals surface area contributed by atoms with E-state index in [2.05, 4.69) is 0 Å². The highest BCUT2D eigenvalue weighted by Crippen LogP contribution is 2.45. The fourth-order valence-corrected chi connectivity index (χ4v) is 3.95. The van der Waals surface area contributed by atoms with Gasteiger partial charge in [-0.2, -0.15) is 0 Å². The Morgan fingerprint density at radius 3 is 2.21 bits per heavy atom. The zero-order valence-electron chi connectivity index (χ0n) is 14.3. The van der Waals surface area contributed by atoms with Crippen LogP contribution in [0.1, 0.15) is 44.6 Å². The Kier molecular flexibility index (Phi) is 5.14. The number of amides is 2. The molecule has 5 heteroatoms. The van der Waals surface area contributed by atoms with Crippen molar-refractivity contribution in [2.24, 2.45) is 0 Å². The summed E-state index contributed by atoms with van der Waals surface area (Å²) in [4.78, 5) is 29.1. The summed E-state index contributed by atoms with van der Waals surface area (Å²) in [6.07, 6.45) is 4.28. The van der Waals surface area contributed by atoms with E-state index in [0.717, 1.165) is 44.3 Å². The smallest absolute Gasteiger partial charge is 0.233 e. The van der Waals surface area contributed by atoms with Gasteiger partial charge in [-0.1, -0.05) is 37.1 Å². The van der Waals surface area contributed by atoms with Crippen molar-refractivity contribution in [3.8, 4) is 0 Å².